The first-order valence-electron chi connectivity index (χ1n) is 13.8. The van der Waals surface area contributed by atoms with Gasteiger partial charge >= 0.3 is 0 Å². The summed E-state index contributed by atoms with van der Waals surface area (Å²) in [5, 5.41) is 7.57. The second kappa shape index (κ2) is 12.6. The zero-order valence-corrected chi connectivity index (χ0v) is 26.6. The third kappa shape index (κ3) is 6.79. The maximum atomic E-state index is 14.2. The smallest absolute Gasteiger partial charge is 0.256 e. The van der Waals surface area contributed by atoms with Gasteiger partial charge in [-0.2, -0.15) is 11.3 Å². The lowest BCUT2D eigenvalue weighted by molar-refractivity contribution is 0.0627. The number of anilines is 1. The van der Waals surface area contributed by atoms with Crippen LogP contribution < -0.4 is 14.8 Å². The van der Waals surface area contributed by atoms with E-state index in [4.69, 9.17) is 13.9 Å². The lowest BCUT2D eigenvalue weighted by Gasteiger charge is -2.41. The van der Waals surface area contributed by atoms with E-state index in [1.54, 1.807) is 24.5 Å². The Morgan fingerprint density at radius 2 is 1.88 bits per heavy atom. The molecule has 1 amide bonds. The predicted molar refractivity (Wildman–Crippen MR) is 168 cm³/mol. The highest BCUT2D eigenvalue weighted by molar-refractivity contribution is 7.08. The number of carbonyl (C=O) groups excluding carboxylic acids is 1. The Hall–Kier alpha value is -3.07. The number of nitrogens with zero attached hydrogens (tertiary/aromatic N) is 1. The summed E-state index contributed by atoms with van der Waals surface area (Å²) < 4.78 is 18.5. The van der Waals surface area contributed by atoms with Gasteiger partial charge in [0.15, 0.2) is 19.8 Å². The van der Waals surface area contributed by atoms with E-state index in [0.717, 1.165) is 12.0 Å². The van der Waals surface area contributed by atoms with E-state index in [1.807, 2.05) is 48.3 Å². The lowest BCUT2D eigenvalue weighted by Crippen LogP contribution is -2.49. The number of hydrogen-bond acceptors (Lipinski definition) is 6. The number of nitrogens with one attached hydrogen (secondary N) is 1. The van der Waals surface area contributed by atoms with Crippen LogP contribution in [0.3, 0.4) is 0 Å². The molecule has 0 saturated heterocycles. The maximum Gasteiger partial charge on any atom is 0.256 e. The van der Waals surface area contributed by atoms with Gasteiger partial charge in [-0.3, -0.25) is 4.79 Å². The van der Waals surface area contributed by atoms with Gasteiger partial charge in [-0.15, -0.1) is 0 Å². The normalized spacial score (nSPS) is 15.9. The van der Waals surface area contributed by atoms with Crippen molar-refractivity contribution in [3.05, 3.63) is 82.1 Å². The van der Waals surface area contributed by atoms with Crippen LogP contribution in [-0.2, 0) is 11.0 Å². The molecule has 1 atom stereocenters. The highest BCUT2D eigenvalue weighted by Crippen LogP contribution is 2.39. The van der Waals surface area contributed by atoms with Gasteiger partial charge in [0.1, 0.15) is 6.61 Å². The largest absolute Gasteiger partial charge is 0.493 e. The molecule has 1 aliphatic rings. The number of rotatable bonds is 10. The van der Waals surface area contributed by atoms with Crippen molar-refractivity contribution < 1.29 is 18.7 Å². The van der Waals surface area contributed by atoms with Crippen molar-refractivity contribution in [3.63, 3.8) is 0 Å². The van der Waals surface area contributed by atoms with Crippen molar-refractivity contribution in [3.8, 4) is 11.5 Å². The van der Waals surface area contributed by atoms with E-state index in [2.05, 4.69) is 62.1 Å². The van der Waals surface area contributed by atoms with E-state index in [0.29, 0.717) is 42.5 Å². The van der Waals surface area contributed by atoms with Gasteiger partial charge in [-0.05, 0) is 64.1 Å². The molecule has 0 aliphatic carbocycles. The molecule has 4 rings (SSSR count). The van der Waals surface area contributed by atoms with Crippen LogP contribution in [0.15, 0.2) is 65.4 Å². The minimum Gasteiger partial charge on any atom is -0.493 e. The number of benzene rings is 2. The third-order valence-electron chi connectivity index (χ3n) is 8.07. The minimum absolute atomic E-state index is 0.0540. The molecule has 2 heterocycles. The first kappa shape index (κ1) is 29.9. The number of ether oxygens (including phenoxy) is 2. The summed E-state index contributed by atoms with van der Waals surface area (Å²) >= 11 is 1.69. The molecule has 214 valence electrons. The average molecular weight is 579 g/mol. The molecule has 1 N–H and O–H groups in total. The predicted octanol–water partition coefficient (Wildman–Crippen LogP) is 7.70. The van der Waals surface area contributed by atoms with Crippen molar-refractivity contribution in [1.82, 2.24) is 4.90 Å². The van der Waals surface area contributed by atoms with E-state index >= 15 is 0 Å². The summed E-state index contributed by atoms with van der Waals surface area (Å²) in [6, 6.07) is 15.7. The second-order valence-corrected chi connectivity index (χ2v) is 17.3. The van der Waals surface area contributed by atoms with E-state index in [9.17, 15) is 4.79 Å². The molecular weight excluding hydrogens is 537 g/mol. The molecule has 2 aromatic carbocycles. The average Bonchev–Trinajstić information content (AvgIpc) is 3.49. The Bertz CT molecular complexity index is 1320. The van der Waals surface area contributed by atoms with Gasteiger partial charge < -0.3 is 24.1 Å². The van der Waals surface area contributed by atoms with Crippen molar-refractivity contribution in [1.29, 1.82) is 0 Å². The summed E-state index contributed by atoms with van der Waals surface area (Å²) in [7, 11) is 1.42. The highest BCUT2D eigenvalue weighted by atomic mass is 32.1. The Balaban J connectivity index is 1.62. The molecule has 3 aromatic rings. The van der Waals surface area contributed by atoms with Gasteiger partial charge in [0.25, 0.3) is 5.91 Å². The Morgan fingerprint density at radius 1 is 1.12 bits per heavy atom. The standard InChI is InChI=1S/C32H42N2O4SSi/c1-32(2,3)40(6,7)38-21-26-17-24(25-14-16-39-22-25)13-15-34(26)31(35)27-18-29(36-5)30(19-28(27)33-4)37-20-23-11-9-8-10-12-23/h8-14,16,18-19,22,26,33H,15,17,20-21H2,1-7H3/t26-/m0/s1. The van der Waals surface area contributed by atoms with Crippen LogP contribution in [0.2, 0.25) is 18.1 Å². The molecule has 0 unspecified atom stereocenters. The van der Waals surface area contributed by atoms with Crippen LogP contribution in [0.25, 0.3) is 5.57 Å². The molecule has 40 heavy (non-hydrogen) atoms. The number of carbonyl (C=O) groups is 1. The van der Waals surface area contributed by atoms with Crippen LogP contribution in [-0.4, -0.2) is 52.5 Å². The second-order valence-electron chi connectivity index (χ2n) is 11.7. The first-order chi connectivity index (χ1) is 19.0. The first-order valence-corrected chi connectivity index (χ1v) is 17.6. The van der Waals surface area contributed by atoms with Crippen molar-refractivity contribution in [2.75, 3.05) is 32.6 Å². The van der Waals surface area contributed by atoms with Crippen LogP contribution in [0.1, 0.15) is 48.7 Å². The maximum absolute atomic E-state index is 14.2. The fourth-order valence-electron chi connectivity index (χ4n) is 4.51. The molecule has 0 spiro atoms. The van der Waals surface area contributed by atoms with Crippen molar-refractivity contribution in [2.45, 2.75) is 58.0 Å². The Labute approximate surface area is 244 Å². The quantitative estimate of drug-likeness (QED) is 0.250. The molecule has 8 heteroatoms. The fraction of sp³-hybridized carbons (Fsp3) is 0.406. The minimum atomic E-state index is -2.00. The van der Waals surface area contributed by atoms with Gasteiger partial charge in [-0.25, -0.2) is 0 Å². The Morgan fingerprint density at radius 3 is 2.50 bits per heavy atom. The number of methoxy groups -OCH3 is 1. The van der Waals surface area contributed by atoms with Gasteiger partial charge in [-0.1, -0.05) is 57.2 Å². The van der Waals surface area contributed by atoms with Gasteiger partial charge in [0, 0.05) is 19.7 Å². The third-order valence-corrected chi connectivity index (χ3v) is 13.3. The molecule has 6 nitrogen and oxygen atoms in total. The van der Waals surface area contributed by atoms with Crippen molar-refractivity contribution >= 4 is 36.8 Å². The molecule has 1 aromatic heterocycles. The van der Waals surface area contributed by atoms with E-state index < -0.39 is 8.32 Å². The zero-order valence-electron chi connectivity index (χ0n) is 24.7. The summed E-state index contributed by atoms with van der Waals surface area (Å²) in [5.74, 6) is 1.06. The topological polar surface area (TPSA) is 60.0 Å². The SMILES string of the molecule is CNc1cc(OCc2ccccc2)c(OC)cc1C(=O)N1CC=C(c2ccsc2)C[C@H]1CO[Si](C)(C)C(C)(C)C. The van der Waals surface area contributed by atoms with Gasteiger partial charge in [0.2, 0.25) is 0 Å². The highest BCUT2D eigenvalue weighted by Gasteiger charge is 2.39. The molecular formula is C32H42N2O4SSi. The molecule has 0 saturated carbocycles. The monoisotopic (exact) mass is 578 g/mol. The van der Waals surface area contributed by atoms with Crippen molar-refractivity contribution in [2.24, 2.45) is 0 Å². The summed E-state index contributed by atoms with van der Waals surface area (Å²) in [6.07, 6.45) is 2.93. The molecule has 0 bridgehead atoms. The fourth-order valence-corrected chi connectivity index (χ4v) is 6.23. The molecule has 0 fully saturated rings. The summed E-state index contributed by atoms with van der Waals surface area (Å²) in [4.78, 5) is 16.1. The lowest BCUT2D eigenvalue weighted by atomic mass is 9.95. The summed E-state index contributed by atoms with van der Waals surface area (Å²) in [5.41, 5.74) is 4.81. The number of amides is 1. The van der Waals surface area contributed by atoms with Crippen LogP contribution >= 0.6 is 11.3 Å². The van der Waals surface area contributed by atoms with Crippen LogP contribution in [0.4, 0.5) is 5.69 Å². The zero-order chi connectivity index (χ0) is 28.9. The number of thiophene rings is 1. The molecule has 0 radical (unpaired) electrons. The Kier molecular flexibility index (Phi) is 9.43. The van der Waals surface area contributed by atoms with Gasteiger partial charge in [0.05, 0.1) is 31.0 Å². The van der Waals surface area contributed by atoms with Crippen LogP contribution in [0.5, 0.6) is 11.5 Å². The summed E-state index contributed by atoms with van der Waals surface area (Å²) in [6.45, 7) is 12.7. The molecule has 1 aliphatic heterocycles. The van der Waals surface area contributed by atoms with Crippen LogP contribution in [0, 0.1) is 0 Å². The van der Waals surface area contributed by atoms with E-state index in [1.165, 1.54) is 11.1 Å². The van der Waals surface area contributed by atoms with E-state index in [-0.39, 0.29) is 17.0 Å². The number of hydrogen-bond donors (Lipinski definition) is 1.